The fourth-order valence-corrected chi connectivity index (χ4v) is 2.92. The van der Waals surface area contributed by atoms with Gasteiger partial charge >= 0.3 is 0 Å². The van der Waals surface area contributed by atoms with Crippen molar-refractivity contribution in [2.24, 2.45) is 5.92 Å². The van der Waals surface area contributed by atoms with Crippen molar-refractivity contribution in [2.75, 3.05) is 45.8 Å². The van der Waals surface area contributed by atoms with Gasteiger partial charge in [-0.05, 0) is 58.0 Å². The minimum absolute atomic E-state index is 0.704. The van der Waals surface area contributed by atoms with Crippen molar-refractivity contribution in [1.29, 1.82) is 0 Å². The number of nitrogens with zero attached hydrogens (tertiary/aromatic N) is 2. The van der Waals surface area contributed by atoms with Crippen LogP contribution in [-0.2, 0) is 0 Å². The monoisotopic (exact) mass is 299 g/mol. The zero-order valence-corrected chi connectivity index (χ0v) is 15.6. The van der Waals surface area contributed by atoms with Crippen LogP contribution in [0.2, 0.25) is 0 Å². The van der Waals surface area contributed by atoms with E-state index in [1.165, 1.54) is 52.0 Å². The van der Waals surface area contributed by atoms with E-state index in [4.69, 9.17) is 0 Å². The molecular formula is C18H41N3. The van der Waals surface area contributed by atoms with Gasteiger partial charge in [-0.2, -0.15) is 0 Å². The molecule has 1 N–H and O–H groups in total. The average Bonchev–Trinajstić information content (AvgIpc) is 2.47. The normalized spacial score (nSPS) is 13.6. The molecule has 0 aliphatic carbocycles. The van der Waals surface area contributed by atoms with E-state index in [2.05, 4.69) is 56.7 Å². The van der Waals surface area contributed by atoms with Crippen LogP contribution in [0.4, 0.5) is 0 Å². The van der Waals surface area contributed by atoms with Crippen molar-refractivity contribution in [1.82, 2.24) is 15.1 Å². The molecule has 0 saturated carbocycles. The first kappa shape index (κ1) is 20.9. The maximum absolute atomic E-state index is 3.65. The molecule has 0 fully saturated rings. The Bertz CT molecular complexity index is 215. The van der Waals surface area contributed by atoms with Crippen molar-refractivity contribution in [3.63, 3.8) is 0 Å². The van der Waals surface area contributed by atoms with Crippen LogP contribution < -0.4 is 5.32 Å². The first-order chi connectivity index (χ1) is 10.1. The van der Waals surface area contributed by atoms with Gasteiger partial charge in [0, 0.05) is 12.6 Å². The Labute approximate surface area is 134 Å². The predicted octanol–water partition coefficient (Wildman–Crippen LogP) is 3.45. The molecule has 3 nitrogen and oxygen atoms in total. The lowest BCUT2D eigenvalue weighted by Gasteiger charge is -2.32. The van der Waals surface area contributed by atoms with Crippen LogP contribution in [0.25, 0.3) is 0 Å². The second-order valence-corrected chi connectivity index (χ2v) is 6.50. The summed E-state index contributed by atoms with van der Waals surface area (Å²) in [4.78, 5) is 5.21. The summed E-state index contributed by atoms with van der Waals surface area (Å²) in [6.45, 7) is 22.0. The summed E-state index contributed by atoms with van der Waals surface area (Å²) in [7, 11) is 0. The predicted molar refractivity (Wildman–Crippen MR) is 96.1 cm³/mol. The summed E-state index contributed by atoms with van der Waals surface area (Å²) in [6.07, 6.45) is 3.88. The number of likely N-dealkylation sites (N-methyl/N-ethyl adjacent to an activating group) is 1. The van der Waals surface area contributed by atoms with Crippen molar-refractivity contribution >= 4 is 0 Å². The Morgan fingerprint density at radius 1 is 0.857 bits per heavy atom. The SMILES string of the molecule is CCCC(CNCC(C)C)N(CC)CCCN(CC)CC. The maximum atomic E-state index is 3.65. The summed E-state index contributed by atoms with van der Waals surface area (Å²) in [5, 5.41) is 3.65. The van der Waals surface area contributed by atoms with E-state index in [1.807, 2.05) is 0 Å². The molecule has 0 radical (unpaired) electrons. The third kappa shape index (κ3) is 10.3. The van der Waals surface area contributed by atoms with Crippen LogP contribution in [0.5, 0.6) is 0 Å². The lowest BCUT2D eigenvalue weighted by atomic mass is 10.1. The molecule has 1 atom stereocenters. The van der Waals surface area contributed by atoms with E-state index in [0.717, 1.165) is 19.0 Å². The molecule has 0 saturated heterocycles. The van der Waals surface area contributed by atoms with Gasteiger partial charge in [0.05, 0.1) is 0 Å². The molecule has 0 aliphatic heterocycles. The molecule has 0 spiro atoms. The molecule has 0 heterocycles. The Morgan fingerprint density at radius 3 is 2.00 bits per heavy atom. The maximum Gasteiger partial charge on any atom is 0.0220 e. The topological polar surface area (TPSA) is 18.5 Å². The van der Waals surface area contributed by atoms with Gasteiger partial charge in [-0.25, -0.2) is 0 Å². The Hall–Kier alpha value is -0.120. The highest BCUT2D eigenvalue weighted by Crippen LogP contribution is 2.08. The van der Waals surface area contributed by atoms with Gasteiger partial charge in [-0.15, -0.1) is 0 Å². The molecule has 0 aliphatic rings. The van der Waals surface area contributed by atoms with Gasteiger partial charge in [-0.1, -0.05) is 48.0 Å². The van der Waals surface area contributed by atoms with Gasteiger partial charge in [0.1, 0.15) is 0 Å². The standard InChI is InChI=1S/C18H41N3/c1-7-12-18(16-19-15-17(5)6)21(10-4)14-11-13-20(8-2)9-3/h17-19H,7-16H2,1-6H3. The minimum Gasteiger partial charge on any atom is -0.315 e. The Kier molecular flexibility index (Phi) is 13.5. The second kappa shape index (κ2) is 13.5. The smallest absolute Gasteiger partial charge is 0.0220 e. The first-order valence-corrected chi connectivity index (χ1v) is 9.25. The van der Waals surface area contributed by atoms with Crippen LogP contribution in [-0.4, -0.2) is 61.7 Å². The van der Waals surface area contributed by atoms with Crippen LogP contribution in [0, 0.1) is 5.92 Å². The summed E-state index contributed by atoms with van der Waals surface area (Å²) < 4.78 is 0. The van der Waals surface area contributed by atoms with E-state index < -0.39 is 0 Å². The molecule has 128 valence electrons. The number of hydrogen-bond donors (Lipinski definition) is 1. The average molecular weight is 300 g/mol. The second-order valence-electron chi connectivity index (χ2n) is 6.50. The fraction of sp³-hybridized carbons (Fsp3) is 1.00. The zero-order valence-electron chi connectivity index (χ0n) is 15.6. The summed E-state index contributed by atoms with van der Waals surface area (Å²) in [5.74, 6) is 0.741. The van der Waals surface area contributed by atoms with E-state index in [-0.39, 0.29) is 0 Å². The minimum atomic E-state index is 0.704. The summed E-state index contributed by atoms with van der Waals surface area (Å²) in [5.41, 5.74) is 0. The fourth-order valence-electron chi connectivity index (χ4n) is 2.92. The third-order valence-electron chi connectivity index (χ3n) is 4.29. The summed E-state index contributed by atoms with van der Waals surface area (Å²) in [6, 6.07) is 0.704. The lowest BCUT2D eigenvalue weighted by Crippen LogP contribution is -2.44. The quantitative estimate of drug-likeness (QED) is 0.530. The molecule has 0 aromatic carbocycles. The van der Waals surface area contributed by atoms with Gasteiger partial charge in [-0.3, -0.25) is 4.90 Å². The highest BCUT2D eigenvalue weighted by Gasteiger charge is 2.16. The molecular weight excluding hydrogens is 258 g/mol. The van der Waals surface area contributed by atoms with Gasteiger partial charge in [0.15, 0.2) is 0 Å². The molecule has 0 amide bonds. The highest BCUT2D eigenvalue weighted by atomic mass is 15.2. The van der Waals surface area contributed by atoms with Crippen LogP contribution in [0.1, 0.15) is 60.8 Å². The first-order valence-electron chi connectivity index (χ1n) is 9.25. The Balaban J connectivity index is 4.19. The van der Waals surface area contributed by atoms with E-state index in [0.29, 0.717) is 6.04 Å². The molecule has 3 heteroatoms. The van der Waals surface area contributed by atoms with Gasteiger partial charge in [0.25, 0.3) is 0 Å². The van der Waals surface area contributed by atoms with Gasteiger partial charge < -0.3 is 10.2 Å². The molecule has 0 aromatic rings. The molecule has 21 heavy (non-hydrogen) atoms. The highest BCUT2D eigenvalue weighted by molar-refractivity contribution is 4.74. The molecule has 0 aromatic heterocycles. The molecule has 1 unspecified atom stereocenters. The van der Waals surface area contributed by atoms with Crippen LogP contribution in [0.3, 0.4) is 0 Å². The zero-order chi connectivity index (χ0) is 16.1. The van der Waals surface area contributed by atoms with Crippen molar-refractivity contribution in [2.45, 2.75) is 66.8 Å². The number of nitrogens with one attached hydrogen (secondary N) is 1. The summed E-state index contributed by atoms with van der Waals surface area (Å²) >= 11 is 0. The third-order valence-corrected chi connectivity index (χ3v) is 4.29. The van der Waals surface area contributed by atoms with E-state index >= 15 is 0 Å². The van der Waals surface area contributed by atoms with Crippen molar-refractivity contribution < 1.29 is 0 Å². The molecule has 0 rings (SSSR count). The van der Waals surface area contributed by atoms with Crippen LogP contribution >= 0.6 is 0 Å². The van der Waals surface area contributed by atoms with E-state index in [9.17, 15) is 0 Å². The van der Waals surface area contributed by atoms with Crippen LogP contribution in [0.15, 0.2) is 0 Å². The molecule has 0 bridgehead atoms. The van der Waals surface area contributed by atoms with Crippen molar-refractivity contribution in [3.05, 3.63) is 0 Å². The van der Waals surface area contributed by atoms with E-state index in [1.54, 1.807) is 0 Å². The number of rotatable bonds is 14. The lowest BCUT2D eigenvalue weighted by molar-refractivity contribution is 0.175. The Morgan fingerprint density at radius 2 is 1.52 bits per heavy atom. The van der Waals surface area contributed by atoms with Gasteiger partial charge in [0.2, 0.25) is 0 Å². The van der Waals surface area contributed by atoms with Crippen molar-refractivity contribution in [3.8, 4) is 0 Å². The number of hydrogen-bond acceptors (Lipinski definition) is 3. The largest absolute Gasteiger partial charge is 0.315 e.